The average molecular weight is 334 g/mol. The second kappa shape index (κ2) is 6.41. The largest absolute Gasteiger partial charge is 0.399 e. The van der Waals surface area contributed by atoms with Gasteiger partial charge in [-0.05, 0) is 37.0 Å². The van der Waals surface area contributed by atoms with Crippen LogP contribution < -0.4 is 5.73 Å². The second-order valence-corrected chi connectivity index (χ2v) is 8.78. The summed E-state index contributed by atoms with van der Waals surface area (Å²) in [5.74, 6) is -0.345. The van der Waals surface area contributed by atoms with Gasteiger partial charge in [-0.3, -0.25) is 4.21 Å². The van der Waals surface area contributed by atoms with E-state index in [4.69, 9.17) is 5.73 Å². The van der Waals surface area contributed by atoms with Crippen molar-refractivity contribution >= 4 is 26.5 Å². The van der Waals surface area contributed by atoms with Gasteiger partial charge in [-0.15, -0.1) is 0 Å². The van der Waals surface area contributed by atoms with Crippen LogP contribution in [0.5, 0.6) is 0 Å². The molecule has 2 rings (SSSR count). The number of halogens is 1. The van der Waals surface area contributed by atoms with Crippen molar-refractivity contribution in [2.45, 2.75) is 17.7 Å². The van der Waals surface area contributed by atoms with Crippen molar-refractivity contribution in [2.24, 2.45) is 5.92 Å². The smallest absolute Gasteiger partial charge is 0.211 e. The molecule has 5 nitrogen and oxygen atoms in total. The quantitative estimate of drug-likeness (QED) is 0.839. The molecule has 8 heteroatoms. The van der Waals surface area contributed by atoms with Gasteiger partial charge in [0, 0.05) is 24.5 Å². The summed E-state index contributed by atoms with van der Waals surface area (Å²) in [6.07, 6.45) is 2.71. The number of nitrogens with zero attached hydrogens (tertiary/aromatic N) is 1. The minimum absolute atomic E-state index is 0.0220. The molecule has 2 unspecified atom stereocenters. The van der Waals surface area contributed by atoms with E-state index in [9.17, 15) is 17.0 Å². The Morgan fingerprint density at radius 1 is 1.48 bits per heavy atom. The van der Waals surface area contributed by atoms with Crippen molar-refractivity contribution in [2.75, 3.05) is 30.8 Å². The normalized spacial score (nSPS) is 22.1. The van der Waals surface area contributed by atoms with Crippen molar-refractivity contribution in [3.05, 3.63) is 24.0 Å². The number of nitrogen functional groups attached to an aromatic ring is 1. The maximum Gasteiger partial charge on any atom is 0.211 e. The number of sulfonamides is 1. The van der Waals surface area contributed by atoms with Crippen LogP contribution in [-0.2, 0) is 20.8 Å². The van der Waals surface area contributed by atoms with E-state index in [-0.39, 0.29) is 22.3 Å². The first-order chi connectivity index (χ1) is 9.77. The van der Waals surface area contributed by atoms with E-state index in [1.54, 1.807) is 0 Å². The number of piperidine rings is 1. The Morgan fingerprint density at radius 3 is 2.81 bits per heavy atom. The summed E-state index contributed by atoms with van der Waals surface area (Å²) in [5, 5.41) is 0. The maximum absolute atomic E-state index is 13.7. The van der Waals surface area contributed by atoms with Gasteiger partial charge in [-0.2, -0.15) is 0 Å². The van der Waals surface area contributed by atoms with Crippen LogP contribution in [0.2, 0.25) is 0 Å². The molecule has 1 aromatic carbocycles. The lowest BCUT2D eigenvalue weighted by molar-refractivity contribution is 0.285. The number of hydrogen-bond donors (Lipinski definition) is 1. The Balaban J connectivity index is 2.05. The predicted molar refractivity (Wildman–Crippen MR) is 81.2 cm³/mol. The zero-order chi connectivity index (χ0) is 15.6. The molecule has 1 heterocycles. The first-order valence-corrected chi connectivity index (χ1v) is 9.82. The van der Waals surface area contributed by atoms with Crippen molar-refractivity contribution in [1.29, 1.82) is 0 Å². The molecule has 2 N–H and O–H groups in total. The first-order valence-electron chi connectivity index (χ1n) is 6.66. The Morgan fingerprint density at radius 2 is 2.19 bits per heavy atom. The summed E-state index contributed by atoms with van der Waals surface area (Å²) in [5.41, 5.74) is 5.75. The van der Waals surface area contributed by atoms with Crippen molar-refractivity contribution < 1.29 is 17.0 Å². The minimum Gasteiger partial charge on any atom is -0.399 e. The Bertz CT molecular complexity index is 649. The fourth-order valence-electron chi connectivity index (χ4n) is 2.47. The molecule has 1 aliphatic rings. The Kier molecular flexibility index (Phi) is 5.00. The summed E-state index contributed by atoms with van der Waals surface area (Å²) >= 11 is 0. The second-order valence-electron chi connectivity index (χ2n) is 5.33. The van der Waals surface area contributed by atoms with Crippen molar-refractivity contribution in [1.82, 2.24) is 4.31 Å². The van der Waals surface area contributed by atoms with Crippen LogP contribution in [0.1, 0.15) is 12.8 Å². The number of anilines is 1. The summed E-state index contributed by atoms with van der Waals surface area (Å²) in [4.78, 5) is 0.126. The molecule has 21 heavy (non-hydrogen) atoms. The highest BCUT2D eigenvalue weighted by Crippen LogP contribution is 2.23. The molecule has 0 aromatic heterocycles. The van der Waals surface area contributed by atoms with Crippen LogP contribution >= 0.6 is 0 Å². The monoisotopic (exact) mass is 334 g/mol. The van der Waals surface area contributed by atoms with Gasteiger partial charge in [0.15, 0.2) is 0 Å². The number of rotatable bonds is 4. The van der Waals surface area contributed by atoms with E-state index >= 15 is 0 Å². The Hall–Kier alpha value is -0.990. The van der Waals surface area contributed by atoms with Gasteiger partial charge in [0.25, 0.3) is 0 Å². The summed E-state index contributed by atoms with van der Waals surface area (Å²) in [7, 11) is -4.72. The van der Waals surface area contributed by atoms with Crippen molar-refractivity contribution in [3.63, 3.8) is 0 Å². The SMILES string of the molecule is CS(=O)(=O)N1CCCC(CS(=O)c2ccc(N)cc2F)C1. The third kappa shape index (κ3) is 4.24. The molecule has 1 saturated heterocycles. The molecule has 0 saturated carbocycles. The highest BCUT2D eigenvalue weighted by Gasteiger charge is 2.27. The molecule has 1 fully saturated rings. The van der Waals surface area contributed by atoms with Gasteiger partial charge in [-0.25, -0.2) is 17.1 Å². The van der Waals surface area contributed by atoms with E-state index < -0.39 is 26.6 Å². The molecule has 1 aromatic rings. The van der Waals surface area contributed by atoms with Gasteiger partial charge in [0.2, 0.25) is 10.0 Å². The highest BCUT2D eigenvalue weighted by molar-refractivity contribution is 7.88. The van der Waals surface area contributed by atoms with Crippen LogP contribution in [-0.4, -0.2) is 42.0 Å². The van der Waals surface area contributed by atoms with E-state index in [2.05, 4.69) is 0 Å². The van der Waals surface area contributed by atoms with Gasteiger partial charge in [0.1, 0.15) is 5.82 Å². The summed E-state index contributed by atoms with van der Waals surface area (Å²) in [6.45, 7) is 0.847. The molecule has 118 valence electrons. The van der Waals surface area contributed by atoms with E-state index in [1.165, 1.54) is 22.7 Å². The molecule has 0 bridgehead atoms. The zero-order valence-corrected chi connectivity index (χ0v) is 13.4. The number of hydrogen-bond acceptors (Lipinski definition) is 4. The van der Waals surface area contributed by atoms with Crippen LogP contribution in [0.15, 0.2) is 23.1 Å². The highest BCUT2D eigenvalue weighted by atomic mass is 32.2. The maximum atomic E-state index is 13.7. The molecule has 2 atom stereocenters. The number of benzene rings is 1. The average Bonchev–Trinajstić information content (AvgIpc) is 2.37. The van der Waals surface area contributed by atoms with Gasteiger partial charge < -0.3 is 5.73 Å². The summed E-state index contributed by atoms with van der Waals surface area (Å²) < 4.78 is 50.5. The van der Waals surface area contributed by atoms with Crippen LogP contribution in [0.25, 0.3) is 0 Å². The van der Waals surface area contributed by atoms with Gasteiger partial charge in [0.05, 0.1) is 22.0 Å². The van der Waals surface area contributed by atoms with Gasteiger partial charge >= 0.3 is 0 Å². The van der Waals surface area contributed by atoms with E-state index in [1.807, 2.05) is 0 Å². The molecule has 0 aliphatic carbocycles. The number of nitrogens with two attached hydrogens (primary N) is 1. The summed E-state index contributed by atoms with van der Waals surface area (Å²) in [6, 6.07) is 4.09. The zero-order valence-electron chi connectivity index (χ0n) is 11.8. The van der Waals surface area contributed by atoms with Crippen LogP contribution in [0, 0.1) is 11.7 Å². The first kappa shape index (κ1) is 16.4. The molecular weight excluding hydrogens is 315 g/mol. The molecular formula is C13H19FN2O3S2. The lowest BCUT2D eigenvalue weighted by Crippen LogP contribution is -2.40. The van der Waals surface area contributed by atoms with Crippen LogP contribution in [0.3, 0.4) is 0 Å². The van der Waals surface area contributed by atoms with E-state index in [0.29, 0.717) is 13.1 Å². The van der Waals surface area contributed by atoms with Crippen LogP contribution in [0.4, 0.5) is 10.1 Å². The molecule has 0 radical (unpaired) electrons. The topological polar surface area (TPSA) is 80.5 Å². The molecule has 0 amide bonds. The minimum atomic E-state index is -3.23. The third-order valence-electron chi connectivity index (χ3n) is 3.54. The standard InChI is InChI=1S/C13H19FN2O3S2/c1-21(18,19)16-6-2-3-10(8-16)9-20(17)13-5-4-11(15)7-12(13)14/h4-5,7,10H,2-3,6,8-9,15H2,1H3. The molecule has 1 aliphatic heterocycles. The third-order valence-corrected chi connectivity index (χ3v) is 6.40. The molecule has 0 spiro atoms. The lowest BCUT2D eigenvalue weighted by atomic mass is 10.0. The predicted octanol–water partition coefficient (Wildman–Crippen LogP) is 1.19. The fourth-order valence-corrected chi connectivity index (χ4v) is 4.79. The van der Waals surface area contributed by atoms with E-state index in [0.717, 1.165) is 18.9 Å². The van der Waals surface area contributed by atoms with Crippen molar-refractivity contribution in [3.8, 4) is 0 Å². The fraction of sp³-hybridized carbons (Fsp3) is 0.538. The van der Waals surface area contributed by atoms with Gasteiger partial charge in [-0.1, -0.05) is 0 Å². The lowest BCUT2D eigenvalue weighted by Gasteiger charge is -2.30. The Labute approximate surface area is 126 Å².